The van der Waals surface area contributed by atoms with Gasteiger partial charge in [0.05, 0.1) is 27.4 Å². The second-order valence-electron chi connectivity index (χ2n) is 8.12. The van der Waals surface area contributed by atoms with Crippen molar-refractivity contribution >= 4 is 17.7 Å². The smallest absolute Gasteiger partial charge is 0.264 e. The van der Waals surface area contributed by atoms with Crippen LogP contribution in [0.2, 0.25) is 0 Å². The van der Waals surface area contributed by atoms with Crippen molar-refractivity contribution in [1.82, 2.24) is 19.7 Å². The van der Waals surface area contributed by atoms with Crippen LogP contribution in [-0.4, -0.2) is 58.7 Å². The van der Waals surface area contributed by atoms with E-state index >= 15 is 0 Å². The van der Waals surface area contributed by atoms with Gasteiger partial charge in [0.1, 0.15) is 11.1 Å². The molecule has 0 fully saturated rings. The van der Waals surface area contributed by atoms with E-state index in [4.69, 9.17) is 14.2 Å². The van der Waals surface area contributed by atoms with Crippen molar-refractivity contribution in [2.75, 3.05) is 27.9 Å². The van der Waals surface area contributed by atoms with E-state index in [0.717, 1.165) is 25.1 Å². The lowest BCUT2D eigenvalue weighted by Crippen LogP contribution is -2.41. The Morgan fingerprint density at radius 1 is 1.06 bits per heavy atom. The highest BCUT2D eigenvalue weighted by Gasteiger charge is 2.44. The number of fused-ring (bicyclic) bond motifs is 2. The van der Waals surface area contributed by atoms with Crippen LogP contribution in [0.5, 0.6) is 17.2 Å². The summed E-state index contributed by atoms with van der Waals surface area (Å²) in [6.45, 7) is 3.38. The van der Waals surface area contributed by atoms with E-state index in [1.165, 1.54) is 27.6 Å². The summed E-state index contributed by atoms with van der Waals surface area (Å²) >= 11 is 1.47. The van der Waals surface area contributed by atoms with E-state index in [9.17, 15) is 4.79 Å². The van der Waals surface area contributed by atoms with Gasteiger partial charge >= 0.3 is 0 Å². The summed E-state index contributed by atoms with van der Waals surface area (Å²) in [5, 5.41) is 4.56. The summed E-state index contributed by atoms with van der Waals surface area (Å²) in [6.07, 6.45) is 0.921. The molecule has 0 aliphatic carbocycles. The molecule has 0 N–H and O–H groups in total. The number of nitrogens with zero attached hydrogens (tertiary/aromatic N) is 4. The molecule has 2 atom stereocenters. The highest BCUT2D eigenvalue weighted by Crippen LogP contribution is 2.46. The second-order valence-corrected chi connectivity index (χ2v) is 9.23. The number of hydrogen-bond donors (Lipinski definition) is 0. The molecule has 0 saturated carbocycles. The van der Waals surface area contributed by atoms with Gasteiger partial charge in [-0.15, -0.1) is 5.10 Å². The van der Waals surface area contributed by atoms with Crippen molar-refractivity contribution < 1.29 is 19.0 Å². The van der Waals surface area contributed by atoms with Gasteiger partial charge < -0.3 is 14.2 Å². The van der Waals surface area contributed by atoms with Crippen LogP contribution >= 0.6 is 11.8 Å². The third-order valence-electron chi connectivity index (χ3n) is 6.24. The van der Waals surface area contributed by atoms with Crippen molar-refractivity contribution in [1.29, 1.82) is 0 Å². The zero-order valence-corrected chi connectivity index (χ0v) is 19.9. The molecule has 0 radical (unpaired) electrons. The summed E-state index contributed by atoms with van der Waals surface area (Å²) < 4.78 is 18.2. The molecule has 0 amide bonds. The van der Waals surface area contributed by atoms with Crippen LogP contribution in [0.4, 0.5) is 0 Å². The van der Waals surface area contributed by atoms with E-state index in [0.29, 0.717) is 28.2 Å². The van der Waals surface area contributed by atoms with Gasteiger partial charge in [0.25, 0.3) is 5.91 Å². The van der Waals surface area contributed by atoms with Crippen molar-refractivity contribution in [3.63, 3.8) is 0 Å². The van der Waals surface area contributed by atoms with Crippen LogP contribution < -0.4 is 14.2 Å². The summed E-state index contributed by atoms with van der Waals surface area (Å²) in [6, 6.07) is 12.1. The summed E-state index contributed by atoms with van der Waals surface area (Å²) in [7, 11) is 4.79. The summed E-state index contributed by atoms with van der Waals surface area (Å²) in [5.74, 6) is 2.20. The van der Waals surface area contributed by atoms with Gasteiger partial charge in [-0.2, -0.15) is 4.68 Å². The first-order valence-corrected chi connectivity index (χ1v) is 11.7. The Bertz CT molecular complexity index is 1190. The molecule has 2 aliphatic heterocycles. The van der Waals surface area contributed by atoms with Gasteiger partial charge in [-0.3, -0.25) is 9.69 Å². The van der Waals surface area contributed by atoms with E-state index < -0.39 is 5.25 Å². The molecule has 3 heterocycles. The van der Waals surface area contributed by atoms with Crippen molar-refractivity contribution in [2.24, 2.45) is 0 Å². The first kappa shape index (κ1) is 21.8. The number of aryl methyl sites for hydroxylation is 1. The SMILES string of the molecule is COc1cc(C(C2Sc3nc(C)nn3C2=O)N2CCc3ccccc3C2)cc(OC)c1OC. The molecule has 9 heteroatoms. The van der Waals surface area contributed by atoms with E-state index in [2.05, 4.69) is 39.2 Å². The molecule has 0 bridgehead atoms. The van der Waals surface area contributed by atoms with Gasteiger partial charge in [-0.1, -0.05) is 36.0 Å². The summed E-state index contributed by atoms with van der Waals surface area (Å²) in [5.41, 5.74) is 3.56. The van der Waals surface area contributed by atoms with Crippen LogP contribution in [-0.2, 0) is 13.0 Å². The Balaban J connectivity index is 1.60. The number of thioether (sulfide) groups is 1. The number of carbonyl (C=O) groups excluding carboxylic acids is 1. The van der Waals surface area contributed by atoms with Crippen molar-refractivity contribution in [3.05, 3.63) is 58.9 Å². The van der Waals surface area contributed by atoms with Crippen LogP contribution in [0.25, 0.3) is 0 Å². The molecule has 3 aromatic rings. The maximum Gasteiger partial charge on any atom is 0.264 e. The van der Waals surface area contributed by atoms with Gasteiger partial charge in [0.2, 0.25) is 5.75 Å². The molecule has 5 rings (SSSR count). The topological polar surface area (TPSA) is 78.7 Å². The third-order valence-corrected chi connectivity index (χ3v) is 7.43. The minimum absolute atomic E-state index is 0.0618. The zero-order chi connectivity index (χ0) is 23.1. The average molecular weight is 467 g/mol. The molecule has 8 nitrogen and oxygen atoms in total. The van der Waals surface area contributed by atoms with Crippen LogP contribution in [0.15, 0.2) is 41.6 Å². The number of rotatable bonds is 6. The maximum atomic E-state index is 13.5. The number of aromatic nitrogens is 3. The molecular weight excluding hydrogens is 440 g/mol. The normalized spacial score (nSPS) is 18.5. The number of hydrogen-bond acceptors (Lipinski definition) is 8. The van der Waals surface area contributed by atoms with E-state index in [1.54, 1.807) is 28.3 Å². The fourth-order valence-electron chi connectivity index (χ4n) is 4.70. The van der Waals surface area contributed by atoms with E-state index in [1.807, 2.05) is 12.1 Å². The predicted octanol–water partition coefficient (Wildman–Crippen LogP) is 3.53. The number of benzene rings is 2. The number of ether oxygens (including phenoxy) is 3. The average Bonchev–Trinajstić information content (AvgIpc) is 3.35. The molecule has 33 heavy (non-hydrogen) atoms. The largest absolute Gasteiger partial charge is 0.493 e. The van der Waals surface area contributed by atoms with Crippen LogP contribution in [0.1, 0.15) is 33.4 Å². The molecule has 0 saturated heterocycles. The highest BCUT2D eigenvalue weighted by molar-refractivity contribution is 8.00. The molecule has 172 valence electrons. The minimum atomic E-state index is -0.395. The quantitative estimate of drug-likeness (QED) is 0.546. The van der Waals surface area contributed by atoms with Crippen LogP contribution in [0.3, 0.4) is 0 Å². The zero-order valence-electron chi connectivity index (χ0n) is 19.1. The van der Waals surface area contributed by atoms with Gasteiger partial charge in [-0.25, -0.2) is 4.98 Å². The lowest BCUT2D eigenvalue weighted by molar-refractivity contribution is 0.0823. The Labute approximate surface area is 196 Å². The van der Waals surface area contributed by atoms with Gasteiger partial charge in [0, 0.05) is 13.1 Å². The molecule has 0 spiro atoms. The second kappa shape index (κ2) is 8.72. The predicted molar refractivity (Wildman–Crippen MR) is 124 cm³/mol. The fraction of sp³-hybridized carbons (Fsp3) is 0.375. The van der Waals surface area contributed by atoms with Gasteiger partial charge in [0.15, 0.2) is 16.7 Å². The van der Waals surface area contributed by atoms with Crippen LogP contribution in [0, 0.1) is 6.92 Å². The van der Waals surface area contributed by atoms with Crippen molar-refractivity contribution in [2.45, 2.75) is 36.3 Å². The Morgan fingerprint density at radius 3 is 2.39 bits per heavy atom. The molecule has 1 aromatic heterocycles. The standard InChI is InChI=1S/C24H26N4O4S/c1-14-25-24-28(26-14)23(29)22(33-24)20(27-10-9-15-7-5-6-8-16(15)13-27)17-11-18(30-2)21(32-4)19(12-17)31-3/h5-8,11-12,20,22H,9-10,13H2,1-4H3. The third kappa shape index (κ3) is 3.75. The lowest BCUT2D eigenvalue weighted by atomic mass is 9.94. The number of methoxy groups -OCH3 is 3. The maximum absolute atomic E-state index is 13.5. The lowest BCUT2D eigenvalue weighted by Gasteiger charge is -2.38. The van der Waals surface area contributed by atoms with Crippen molar-refractivity contribution in [3.8, 4) is 17.2 Å². The fourth-order valence-corrected chi connectivity index (χ4v) is 6.01. The first-order valence-electron chi connectivity index (χ1n) is 10.8. The van der Waals surface area contributed by atoms with E-state index in [-0.39, 0.29) is 11.9 Å². The highest BCUT2D eigenvalue weighted by atomic mass is 32.2. The monoisotopic (exact) mass is 466 g/mol. The summed E-state index contributed by atoms with van der Waals surface area (Å²) in [4.78, 5) is 20.3. The molecule has 2 unspecified atom stereocenters. The molecule has 2 aromatic carbocycles. The Kier molecular flexibility index (Phi) is 5.76. The Morgan fingerprint density at radius 2 is 1.76 bits per heavy atom. The Hall–Kier alpha value is -3.04. The minimum Gasteiger partial charge on any atom is -0.493 e. The molecular formula is C24H26N4O4S. The first-order chi connectivity index (χ1) is 16.0. The van der Waals surface area contributed by atoms with Gasteiger partial charge in [-0.05, 0) is 42.2 Å². The molecule has 2 aliphatic rings. The number of carbonyl (C=O) groups is 1.